The van der Waals surface area contributed by atoms with Gasteiger partial charge in [0, 0.05) is 49.7 Å². The molecule has 2 heterocycles. The van der Waals surface area contributed by atoms with Crippen LogP contribution in [0.2, 0.25) is 0 Å². The maximum absolute atomic E-state index is 12.6. The first kappa shape index (κ1) is 23.1. The molecule has 1 unspecified atom stereocenters. The Hall–Kier alpha value is -3.03. The lowest BCUT2D eigenvalue weighted by atomic mass is 9.88. The van der Waals surface area contributed by atoms with E-state index >= 15 is 0 Å². The van der Waals surface area contributed by atoms with Crippen LogP contribution in [0.4, 0.5) is 0 Å². The average molecular weight is 449 g/mol. The number of aryl methyl sites for hydroxylation is 2. The van der Waals surface area contributed by atoms with Crippen molar-refractivity contribution >= 4 is 5.91 Å². The number of benzene rings is 2. The fraction of sp³-hybridized carbons (Fsp3) is 0.423. The van der Waals surface area contributed by atoms with Crippen molar-refractivity contribution in [2.24, 2.45) is 0 Å². The molecule has 0 spiro atoms. The topological polar surface area (TPSA) is 89.3 Å². The monoisotopic (exact) mass is 448 g/mol. The summed E-state index contributed by atoms with van der Waals surface area (Å²) in [5.41, 5.74) is 3.09. The van der Waals surface area contributed by atoms with E-state index in [4.69, 9.17) is 9.15 Å². The third-order valence-electron chi connectivity index (χ3n) is 6.23. The normalized spacial score (nSPS) is 16.3. The minimum absolute atomic E-state index is 0.0230. The molecule has 2 N–H and O–H groups in total. The van der Waals surface area contributed by atoms with Crippen molar-refractivity contribution in [3.8, 4) is 11.5 Å². The summed E-state index contributed by atoms with van der Waals surface area (Å²) < 4.78 is 11.3. The first-order valence-corrected chi connectivity index (χ1v) is 11.6. The van der Waals surface area contributed by atoms with Crippen LogP contribution in [-0.2, 0) is 16.0 Å². The van der Waals surface area contributed by atoms with E-state index in [-0.39, 0.29) is 17.5 Å². The Morgan fingerprint density at radius 2 is 1.79 bits per heavy atom. The number of nitrogens with zero attached hydrogens (tertiary/aromatic N) is 2. The smallest absolute Gasteiger partial charge is 0.247 e. The van der Waals surface area contributed by atoms with Gasteiger partial charge in [-0.15, -0.1) is 10.2 Å². The van der Waals surface area contributed by atoms with Gasteiger partial charge in [0.1, 0.15) is 0 Å². The molecule has 1 saturated heterocycles. The molecule has 174 valence electrons. The van der Waals surface area contributed by atoms with Crippen LogP contribution in [0.1, 0.15) is 49.2 Å². The Morgan fingerprint density at radius 3 is 2.52 bits per heavy atom. The van der Waals surface area contributed by atoms with Crippen LogP contribution in [0, 0.1) is 6.92 Å². The Bertz CT molecular complexity index is 1030. The fourth-order valence-corrected chi connectivity index (χ4v) is 4.16. The lowest BCUT2D eigenvalue weighted by Crippen LogP contribution is -2.57. The van der Waals surface area contributed by atoms with E-state index < -0.39 is 0 Å². The van der Waals surface area contributed by atoms with Crippen LogP contribution in [-0.4, -0.2) is 41.4 Å². The molecule has 1 aliphatic heterocycles. The molecule has 0 radical (unpaired) electrons. The summed E-state index contributed by atoms with van der Waals surface area (Å²) >= 11 is 0. The first-order chi connectivity index (χ1) is 16.0. The summed E-state index contributed by atoms with van der Waals surface area (Å²) in [4.78, 5) is 12.6. The van der Waals surface area contributed by atoms with Crippen LogP contribution in [0.3, 0.4) is 0 Å². The van der Waals surface area contributed by atoms with E-state index in [1.165, 1.54) is 11.1 Å². The van der Waals surface area contributed by atoms with Crippen LogP contribution in [0.15, 0.2) is 59.0 Å². The number of amides is 1. The second-order valence-corrected chi connectivity index (χ2v) is 8.81. The van der Waals surface area contributed by atoms with Crippen molar-refractivity contribution in [3.05, 3.63) is 71.6 Å². The lowest BCUT2D eigenvalue weighted by Gasteiger charge is -2.40. The van der Waals surface area contributed by atoms with Gasteiger partial charge in [-0.2, -0.15) is 0 Å². The number of rotatable bonds is 9. The number of carbonyl (C=O) groups is 1. The predicted molar refractivity (Wildman–Crippen MR) is 127 cm³/mol. The zero-order valence-corrected chi connectivity index (χ0v) is 19.3. The molecule has 0 bridgehead atoms. The standard InChI is InChI=1S/C26H32N4O3/c1-19-8-10-22(11-9-19)25-30-29-24(33-25)13-12-23(31)27-18-26(14-16-32-17-15-26)28-20(2)21-6-4-3-5-7-21/h3-11,20,28H,12-18H2,1-2H3,(H,27,31). The van der Waals surface area contributed by atoms with Crippen LogP contribution < -0.4 is 10.6 Å². The molecule has 1 amide bonds. The van der Waals surface area contributed by atoms with Gasteiger partial charge in [-0.1, -0.05) is 48.0 Å². The van der Waals surface area contributed by atoms with Crippen LogP contribution in [0.25, 0.3) is 11.5 Å². The molecule has 7 nitrogen and oxygen atoms in total. The van der Waals surface area contributed by atoms with Crippen LogP contribution in [0.5, 0.6) is 0 Å². The molecule has 1 fully saturated rings. The Kier molecular flexibility index (Phi) is 7.52. The maximum Gasteiger partial charge on any atom is 0.247 e. The number of aromatic nitrogens is 2. The fourth-order valence-electron chi connectivity index (χ4n) is 4.16. The van der Waals surface area contributed by atoms with Gasteiger partial charge >= 0.3 is 0 Å². The van der Waals surface area contributed by atoms with E-state index in [2.05, 4.69) is 39.9 Å². The van der Waals surface area contributed by atoms with Crippen molar-refractivity contribution in [2.75, 3.05) is 19.8 Å². The van der Waals surface area contributed by atoms with Crippen LogP contribution >= 0.6 is 0 Å². The quantitative estimate of drug-likeness (QED) is 0.514. The zero-order valence-electron chi connectivity index (χ0n) is 19.3. The van der Waals surface area contributed by atoms with Gasteiger partial charge in [0.25, 0.3) is 0 Å². The van der Waals surface area contributed by atoms with Crippen molar-refractivity contribution in [1.29, 1.82) is 0 Å². The highest BCUT2D eigenvalue weighted by Crippen LogP contribution is 2.25. The number of carbonyl (C=O) groups excluding carboxylic acids is 1. The average Bonchev–Trinajstić information content (AvgIpc) is 3.32. The molecule has 4 rings (SSSR count). The molecule has 1 atom stereocenters. The molecule has 2 aromatic carbocycles. The highest BCUT2D eigenvalue weighted by atomic mass is 16.5. The summed E-state index contributed by atoms with van der Waals surface area (Å²) in [5, 5.41) is 15.1. The van der Waals surface area contributed by atoms with E-state index in [0.29, 0.717) is 44.4 Å². The minimum Gasteiger partial charge on any atom is -0.421 e. The minimum atomic E-state index is -0.188. The van der Waals surface area contributed by atoms with Gasteiger partial charge in [-0.3, -0.25) is 4.79 Å². The molecule has 3 aromatic rings. The molecular weight excluding hydrogens is 416 g/mol. The van der Waals surface area contributed by atoms with E-state index in [1.807, 2.05) is 49.4 Å². The summed E-state index contributed by atoms with van der Waals surface area (Å²) in [5.74, 6) is 0.924. The van der Waals surface area contributed by atoms with E-state index in [9.17, 15) is 4.79 Å². The summed E-state index contributed by atoms with van der Waals surface area (Å²) in [6.45, 7) is 6.13. The summed E-state index contributed by atoms with van der Waals surface area (Å²) in [6.07, 6.45) is 2.42. The van der Waals surface area contributed by atoms with Gasteiger partial charge in [-0.25, -0.2) is 0 Å². The highest BCUT2D eigenvalue weighted by Gasteiger charge is 2.34. The zero-order chi connectivity index (χ0) is 23.1. The van der Waals surface area contributed by atoms with E-state index in [0.717, 1.165) is 18.4 Å². The van der Waals surface area contributed by atoms with Gasteiger partial charge in [0.15, 0.2) is 0 Å². The van der Waals surface area contributed by atoms with Gasteiger partial charge in [0.05, 0.1) is 0 Å². The van der Waals surface area contributed by atoms with Crippen molar-refractivity contribution in [3.63, 3.8) is 0 Å². The summed E-state index contributed by atoms with van der Waals surface area (Å²) in [6, 6.07) is 18.5. The molecule has 0 saturated carbocycles. The Morgan fingerprint density at radius 1 is 1.06 bits per heavy atom. The molecule has 7 heteroatoms. The van der Waals surface area contributed by atoms with Gasteiger partial charge in [0.2, 0.25) is 17.7 Å². The Labute approximate surface area is 194 Å². The summed E-state index contributed by atoms with van der Waals surface area (Å²) in [7, 11) is 0. The largest absolute Gasteiger partial charge is 0.421 e. The molecule has 1 aromatic heterocycles. The number of hydrogen-bond acceptors (Lipinski definition) is 6. The SMILES string of the molecule is Cc1ccc(-c2nnc(CCC(=O)NCC3(NC(C)c4ccccc4)CCOCC3)o2)cc1. The lowest BCUT2D eigenvalue weighted by molar-refractivity contribution is -0.121. The second kappa shape index (κ2) is 10.7. The van der Waals surface area contributed by atoms with Gasteiger partial charge in [-0.05, 0) is 44.4 Å². The van der Waals surface area contributed by atoms with Crippen molar-refractivity contribution in [1.82, 2.24) is 20.8 Å². The van der Waals surface area contributed by atoms with Gasteiger partial charge < -0.3 is 19.8 Å². The number of hydrogen-bond donors (Lipinski definition) is 2. The molecule has 1 aliphatic rings. The second-order valence-electron chi connectivity index (χ2n) is 8.81. The van der Waals surface area contributed by atoms with E-state index in [1.54, 1.807) is 0 Å². The third kappa shape index (κ3) is 6.27. The predicted octanol–water partition coefficient (Wildman–Crippen LogP) is 3.99. The molecule has 33 heavy (non-hydrogen) atoms. The first-order valence-electron chi connectivity index (χ1n) is 11.6. The maximum atomic E-state index is 12.6. The molecule has 0 aliphatic carbocycles. The Balaban J connectivity index is 1.30. The third-order valence-corrected chi connectivity index (χ3v) is 6.23. The number of nitrogens with one attached hydrogen (secondary N) is 2. The van der Waals surface area contributed by atoms with Crippen molar-refractivity contribution < 1.29 is 13.9 Å². The molecular formula is C26H32N4O3. The highest BCUT2D eigenvalue weighted by molar-refractivity contribution is 5.76. The van der Waals surface area contributed by atoms with Crippen molar-refractivity contribution in [2.45, 2.75) is 51.1 Å². The number of ether oxygens (including phenoxy) is 1.